The van der Waals surface area contributed by atoms with Crippen molar-refractivity contribution in [2.45, 2.75) is 77.0 Å². The van der Waals surface area contributed by atoms with Crippen LogP contribution in [-0.4, -0.2) is 22.2 Å². The van der Waals surface area contributed by atoms with Gasteiger partial charge < -0.3 is 10.2 Å². The van der Waals surface area contributed by atoms with Crippen molar-refractivity contribution in [3.63, 3.8) is 0 Å². The minimum absolute atomic E-state index is 0.0729. The smallest absolute Gasteiger partial charge is 0.307 e. The molecule has 136 valence electrons. The highest BCUT2D eigenvalue weighted by molar-refractivity contribution is 5.81. The van der Waals surface area contributed by atoms with Crippen molar-refractivity contribution in [3.05, 3.63) is 0 Å². The molecule has 4 heteroatoms. The van der Waals surface area contributed by atoms with Gasteiger partial charge in [0.25, 0.3) is 0 Å². The van der Waals surface area contributed by atoms with E-state index in [0.29, 0.717) is 11.8 Å². The summed E-state index contributed by atoms with van der Waals surface area (Å²) in [6, 6.07) is 0. The Kier molecular flexibility index (Phi) is 5.83. The zero-order chi connectivity index (χ0) is 17.1. The van der Waals surface area contributed by atoms with E-state index in [0.717, 1.165) is 38.5 Å². The van der Waals surface area contributed by atoms with E-state index in [1.807, 2.05) is 0 Å². The van der Waals surface area contributed by atoms with Crippen LogP contribution in [0.2, 0.25) is 0 Å². The maximum Gasteiger partial charge on any atom is 0.307 e. The molecule has 3 rings (SSSR count). The highest BCUT2D eigenvalue weighted by atomic mass is 16.4. The second kappa shape index (κ2) is 7.88. The van der Waals surface area contributed by atoms with E-state index in [4.69, 9.17) is 0 Å². The summed E-state index contributed by atoms with van der Waals surface area (Å²) in [6.45, 7) is 0. The summed E-state index contributed by atoms with van der Waals surface area (Å²) >= 11 is 0. The van der Waals surface area contributed by atoms with E-state index >= 15 is 0 Å². The first kappa shape index (κ1) is 17.8. The van der Waals surface area contributed by atoms with Crippen LogP contribution in [0, 0.1) is 35.5 Å². The van der Waals surface area contributed by atoms with E-state index < -0.39 is 23.8 Å². The fourth-order valence-electron chi connectivity index (χ4n) is 6.13. The second-order valence-electron chi connectivity index (χ2n) is 8.43. The Morgan fingerprint density at radius 2 is 0.875 bits per heavy atom. The third-order valence-electron chi connectivity index (χ3n) is 7.22. The Hall–Kier alpha value is -1.06. The van der Waals surface area contributed by atoms with Crippen LogP contribution in [0.25, 0.3) is 0 Å². The van der Waals surface area contributed by atoms with Gasteiger partial charge in [0.2, 0.25) is 0 Å². The van der Waals surface area contributed by atoms with E-state index in [1.165, 1.54) is 38.5 Å². The molecule has 0 aromatic heterocycles. The fraction of sp³-hybridized carbons (Fsp3) is 0.900. The van der Waals surface area contributed by atoms with Crippen LogP contribution in [0.4, 0.5) is 0 Å². The number of carboxylic acid groups (broad SMARTS) is 2. The summed E-state index contributed by atoms with van der Waals surface area (Å²) in [7, 11) is 0. The number of carboxylic acids is 2. The Balaban J connectivity index is 1.82. The van der Waals surface area contributed by atoms with Crippen LogP contribution in [-0.2, 0) is 9.59 Å². The molecule has 2 N–H and O–H groups in total. The van der Waals surface area contributed by atoms with Gasteiger partial charge in [-0.05, 0) is 36.5 Å². The van der Waals surface area contributed by atoms with Crippen molar-refractivity contribution in [3.8, 4) is 0 Å². The van der Waals surface area contributed by atoms with Crippen LogP contribution >= 0.6 is 0 Å². The molecule has 0 spiro atoms. The lowest BCUT2D eigenvalue weighted by Crippen LogP contribution is -2.48. The SMILES string of the molecule is O=C(O)C1C(C2CCCCC2)CCC(C2CCCCC2)C1C(=O)O. The van der Waals surface area contributed by atoms with Crippen LogP contribution in [0.3, 0.4) is 0 Å². The summed E-state index contributed by atoms with van der Waals surface area (Å²) in [5.74, 6) is -2.08. The molecule has 4 unspecified atom stereocenters. The van der Waals surface area contributed by atoms with Gasteiger partial charge in [0.15, 0.2) is 0 Å². The zero-order valence-electron chi connectivity index (χ0n) is 14.7. The minimum atomic E-state index is -0.863. The molecule has 4 atom stereocenters. The normalized spacial score (nSPS) is 36.3. The number of hydrogen-bond donors (Lipinski definition) is 2. The first-order valence-electron chi connectivity index (χ1n) is 10.0. The molecule has 0 aliphatic heterocycles. The van der Waals surface area contributed by atoms with Gasteiger partial charge in [-0.25, -0.2) is 0 Å². The van der Waals surface area contributed by atoms with Crippen molar-refractivity contribution in [2.24, 2.45) is 35.5 Å². The predicted octanol–water partition coefficient (Wildman–Crippen LogP) is 4.57. The number of rotatable bonds is 4. The molecule has 0 amide bonds. The molecule has 0 aromatic carbocycles. The molecule has 0 radical (unpaired) electrons. The molecule has 3 fully saturated rings. The molecule has 0 heterocycles. The van der Waals surface area contributed by atoms with Gasteiger partial charge >= 0.3 is 11.9 Å². The lowest BCUT2D eigenvalue weighted by molar-refractivity contribution is -0.165. The van der Waals surface area contributed by atoms with E-state index in [2.05, 4.69) is 0 Å². The number of aliphatic carboxylic acids is 2. The topological polar surface area (TPSA) is 74.6 Å². The number of hydrogen-bond acceptors (Lipinski definition) is 2. The summed E-state index contributed by atoms with van der Waals surface area (Å²) in [5.41, 5.74) is 0. The largest absolute Gasteiger partial charge is 0.481 e. The van der Waals surface area contributed by atoms with E-state index in [1.54, 1.807) is 0 Å². The molecular formula is C20H32O4. The third kappa shape index (κ3) is 3.62. The standard InChI is InChI=1S/C20H32O4/c21-19(22)17-15(13-7-3-1-4-8-13)11-12-16(18(17)20(23)24)14-9-5-2-6-10-14/h13-18H,1-12H2,(H,21,22)(H,23,24). The Labute approximate surface area is 145 Å². The average molecular weight is 336 g/mol. The quantitative estimate of drug-likeness (QED) is 0.788. The molecule has 3 aliphatic carbocycles. The lowest BCUT2D eigenvalue weighted by atomic mass is 9.57. The summed E-state index contributed by atoms with van der Waals surface area (Å²) < 4.78 is 0. The zero-order valence-corrected chi connectivity index (χ0v) is 14.7. The predicted molar refractivity (Wildman–Crippen MR) is 91.6 cm³/mol. The first-order valence-corrected chi connectivity index (χ1v) is 10.0. The van der Waals surface area contributed by atoms with E-state index in [9.17, 15) is 19.8 Å². The van der Waals surface area contributed by atoms with Gasteiger partial charge in [-0.15, -0.1) is 0 Å². The van der Waals surface area contributed by atoms with Crippen LogP contribution in [0.5, 0.6) is 0 Å². The minimum Gasteiger partial charge on any atom is -0.481 e. The monoisotopic (exact) mass is 336 g/mol. The first-order chi connectivity index (χ1) is 11.6. The van der Waals surface area contributed by atoms with Crippen molar-refractivity contribution in [1.29, 1.82) is 0 Å². The van der Waals surface area contributed by atoms with Gasteiger partial charge in [-0.2, -0.15) is 0 Å². The summed E-state index contributed by atoms with van der Waals surface area (Å²) in [5, 5.41) is 19.8. The van der Waals surface area contributed by atoms with Crippen molar-refractivity contribution < 1.29 is 19.8 Å². The third-order valence-corrected chi connectivity index (χ3v) is 7.22. The molecule has 24 heavy (non-hydrogen) atoms. The molecular weight excluding hydrogens is 304 g/mol. The van der Waals surface area contributed by atoms with Crippen LogP contribution in [0.1, 0.15) is 77.0 Å². The number of carbonyl (C=O) groups is 2. The average Bonchev–Trinajstić information content (AvgIpc) is 2.61. The highest BCUT2D eigenvalue weighted by Crippen LogP contribution is 2.50. The Bertz CT molecular complexity index is 407. The van der Waals surface area contributed by atoms with Gasteiger partial charge in [0.1, 0.15) is 0 Å². The van der Waals surface area contributed by atoms with Gasteiger partial charge in [-0.3, -0.25) is 9.59 Å². The fourth-order valence-corrected chi connectivity index (χ4v) is 6.13. The van der Waals surface area contributed by atoms with Crippen molar-refractivity contribution in [2.75, 3.05) is 0 Å². The molecule has 0 saturated heterocycles. The van der Waals surface area contributed by atoms with Crippen molar-refractivity contribution in [1.82, 2.24) is 0 Å². The lowest BCUT2D eigenvalue weighted by Gasteiger charge is -2.46. The van der Waals surface area contributed by atoms with Crippen LogP contribution in [0.15, 0.2) is 0 Å². The van der Waals surface area contributed by atoms with Crippen molar-refractivity contribution >= 4 is 11.9 Å². The van der Waals surface area contributed by atoms with Gasteiger partial charge in [0.05, 0.1) is 11.8 Å². The maximum absolute atomic E-state index is 12.1. The Morgan fingerprint density at radius 1 is 0.542 bits per heavy atom. The highest BCUT2D eigenvalue weighted by Gasteiger charge is 2.51. The van der Waals surface area contributed by atoms with E-state index in [-0.39, 0.29) is 11.8 Å². The molecule has 4 nitrogen and oxygen atoms in total. The molecule has 0 bridgehead atoms. The summed E-state index contributed by atoms with van der Waals surface area (Å²) in [4.78, 5) is 24.2. The van der Waals surface area contributed by atoms with Gasteiger partial charge in [0, 0.05) is 0 Å². The molecule has 3 aliphatic rings. The maximum atomic E-state index is 12.1. The van der Waals surface area contributed by atoms with Gasteiger partial charge in [-0.1, -0.05) is 64.2 Å². The summed E-state index contributed by atoms with van der Waals surface area (Å²) in [6.07, 6.45) is 13.4. The van der Waals surface area contributed by atoms with Crippen LogP contribution < -0.4 is 0 Å². The Morgan fingerprint density at radius 3 is 1.17 bits per heavy atom. The molecule has 3 saturated carbocycles. The molecule has 0 aromatic rings. The second-order valence-corrected chi connectivity index (χ2v) is 8.43.